The van der Waals surface area contributed by atoms with Gasteiger partial charge in [-0.3, -0.25) is 0 Å². The minimum absolute atomic E-state index is 0.368. The molecule has 0 aromatic heterocycles. The lowest BCUT2D eigenvalue weighted by molar-refractivity contribution is -0.929. The fourth-order valence-electron chi connectivity index (χ4n) is 4.91. The van der Waals surface area contributed by atoms with E-state index in [-0.39, 0.29) is 0 Å². The summed E-state index contributed by atoms with van der Waals surface area (Å²) >= 11 is 0. The lowest BCUT2D eigenvalue weighted by Crippen LogP contribution is -2.50. The van der Waals surface area contributed by atoms with Crippen molar-refractivity contribution in [2.75, 3.05) is 32.8 Å². The topological polar surface area (TPSA) is 20.2 Å². The first kappa shape index (κ1) is 29.9. The summed E-state index contributed by atoms with van der Waals surface area (Å²) in [6, 6.07) is 0. The van der Waals surface area contributed by atoms with Gasteiger partial charge >= 0.3 is 0 Å². The van der Waals surface area contributed by atoms with Gasteiger partial charge in [-0.2, -0.15) is 0 Å². The molecule has 0 aliphatic carbocycles. The van der Waals surface area contributed by atoms with Crippen molar-refractivity contribution in [2.24, 2.45) is 0 Å². The van der Waals surface area contributed by atoms with Crippen molar-refractivity contribution in [2.45, 2.75) is 149 Å². The molecule has 0 spiro atoms. The highest BCUT2D eigenvalue weighted by Gasteiger charge is 2.25. The summed E-state index contributed by atoms with van der Waals surface area (Å²) in [4.78, 5) is 0. The normalized spacial score (nSPS) is 12.0. The van der Waals surface area contributed by atoms with Crippen molar-refractivity contribution in [3.63, 3.8) is 0 Å². The molecule has 0 amide bonds. The van der Waals surface area contributed by atoms with Crippen LogP contribution in [-0.2, 0) is 0 Å². The second-order valence-corrected chi connectivity index (χ2v) is 9.97. The quantitative estimate of drug-likeness (QED) is 0.114. The van der Waals surface area contributed by atoms with Crippen LogP contribution in [0.4, 0.5) is 0 Å². The van der Waals surface area contributed by atoms with Crippen molar-refractivity contribution in [1.29, 1.82) is 0 Å². The molecule has 0 saturated heterocycles. The maximum Gasteiger partial charge on any atom is 0.0786 e. The third-order valence-electron chi connectivity index (χ3n) is 7.00. The van der Waals surface area contributed by atoms with Crippen LogP contribution in [0.5, 0.6) is 0 Å². The molecule has 0 unspecified atom stereocenters. The van der Waals surface area contributed by atoms with E-state index in [4.69, 9.17) is 5.11 Å². The molecule has 182 valence electrons. The largest absolute Gasteiger partial charge is 0.396 e. The Hall–Kier alpha value is -0.0800. The van der Waals surface area contributed by atoms with Crippen LogP contribution in [0.2, 0.25) is 0 Å². The summed E-state index contributed by atoms with van der Waals surface area (Å²) in [6.45, 7) is 13.0. The Morgan fingerprint density at radius 2 is 0.633 bits per heavy atom. The molecule has 0 fully saturated rings. The molecule has 0 aliphatic rings. The third-order valence-corrected chi connectivity index (χ3v) is 7.00. The number of hydrogen-bond acceptors (Lipinski definition) is 1. The molecule has 0 heterocycles. The minimum Gasteiger partial charge on any atom is -0.396 e. The van der Waals surface area contributed by atoms with Gasteiger partial charge in [-0.25, -0.2) is 0 Å². The van der Waals surface area contributed by atoms with E-state index in [2.05, 4.69) is 20.8 Å². The Morgan fingerprint density at radius 3 is 0.933 bits per heavy atom. The molecular weight excluding hydrogens is 366 g/mol. The molecule has 0 radical (unpaired) electrons. The van der Waals surface area contributed by atoms with Crippen molar-refractivity contribution >= 4 is 0 Å². The molecule has 0 saturated carbocycles. The van der Waals surface area contributed by atoms with Gasteiger partial charge in [0.1, 0.15) is 0 Å². The zero-order valence-corrected chi connectivity index (χ0v) is 21.6. The number of aliphatic hydroxyl groups excluding tert-OH is 1. The number of hydrogen-bond donors (Lipinski definition) is 1. The van der Waals surface area contributed by atoms with E-state index in [1.54, 1.807) is 0 Å². The molecule has 0 aromatic rings. The summed E-state index contributed by atoms with van der Waals surface area (Å²) in [5.41, 5.74) is 0. The average Bonchev–Trinajstić information content (AvgIpc) is 2.75. The Balaban J connectivity index is 4.69. The van der Waals surface area contributed by atoms with E-state index in [1.807, 2.05) is 0 Å². The predicted molar refractivity (Wildman–Crippen MR) is 136 cm³/mol. The molecule has 0 aromatic carbocycles. The van der Waals surface area contributed by atoms with E-state index < -0.39 is 0 Å². The summed E-state index contributed by atoms with van der Waals surface area (Å²) in [5.74, 6) is 0. The second-order valence-electron chi connectivity index (χ2n) is 9.97. The van der Waals surface area contributed by atoms with Crippen molar-refractivity contribution in [1.82, 2.24) is 0 Å². The number of unbranched alkanes of at least 4 members (excludes halogenated alkanes) is 16. The van der Waals surface area contributed by atoms with Gasteiger partial charge in [0.15, 0.2) is 0 Å². The van der Waals surface area contributed by atoms with Gasteiger partial charge in [-0.05, 0) is 57.8 Å². The van der Waals surface area contributed by atoms with E-state index in [1.165, 1.54) is 153 Å². The first-order valence-corrected chi connectivity index (χ1v) is 14.2. The van der Waals surface area contributed by atoms with E-state index >= 15 is 0 Å². The van der Waals surface area contributed by atoms with E-state index in [0.717, 1.165) is 6.42 Å². The molecule has 2 nitrogen and oxygen atoms in total. The maximum absolute atomic E-state index is 9.02. The average molecular weight is 427 g/mol. The monoisotopic (exact) mass is 426 g/mol. The molecule has 0 bridgehead atoms. The maximum atomic E-state index is 9.02. The highest BCUT2D eigenvalue weighted by molar-refractivity contribution is 4.54. The predicted octanol–water partition coefficient (Wildman–Crippen LogP) is 8.66. The van der Waals surface area contributed by atoms with Gasteiger partial charge in [0.05, 0.1) is 26.2 Å². The van der Waals surface area contributed by atoms with Gasteiger partial charge in [0.25, 0.3) is 0 Å². The van der Waals surface area contributed by atoms with Crippen LogP contribution < -0.4 is 0 Å². The fraction of sp³-hybridized carbons (Fsp3) is 1.00. The molecule has 0 atom stereocenters. The smallest absolute Gasteiger partial charge is 0.0786 e. The van der Waals surface area contributed by atoms with Crippen LogP contribution in [0.15, 0.2) is 0 Å². The standard InChI is InChI=1S/C28H60NO/c1-4-7-10-14-19-24-29(25-20-15-11-8-5-2,26-21-16-12-9-6-3)27-22-17-13-18-23-28-30/h30H,4-28H2,1-3H3/q+1. The first-order chi connectivity index (χ1) is 14.7. The van der Waals surface area contributed by atoms with E-state index in [0.29, 0.717) is 6.61 Å². The van der Waals surface area contributed by atoms with Gasteiger partial charge in [-0.1, -0.05) is 91.4 Å². The van der Waals surface area contributed by atoms with Crippen LogP contribution in [0, 0.1) is 0 Å². The number of quaternary nitrogens is 1. The lowest BCUT2D eigenvalue weighted by Gasteiger charge is -2.39. The molecular formula is C28H60NO+. The zero-order valence-electron chi connectivity index (χ0n) is 21.6. The first-order valence-electron chi connectivity index (χ1n) is 14.2. The van der Waals surface area contributed by atoms with Crippen molar-refractivity contribution in [3.8, 4) is 0 Å². The van der Waals surface area contributed by atoms with Crippen LogP contribution >= 0.6 is 0 Å². The number of aliphatic hydroxyl groups is 1. The molecule has 30 heavy (non-hydrogen) atoms. The number of rotatable bonds is 25. The Bertz CT molecular complexity index is 282. The second kappa shape index (κ2) is 23.6. The number of nitrogens with zero attached hydrogens (tertiary/aromatic N) is 1. The Morgan fingerprint density at radius 1 is 0.367 bits per heavy atom. The van der Waals surface area contributed by atoms with Gasteiger partial charge in [0, 0.05) is 6.61 Å². The summed E-state index contributed by atoms with van der Waals surface area (Å²) in [7, 11) is 0. The molecule has 2 heteroatoms. The summed E-state index contributed by atoms with van der Waals surface area (Å²) < 4.78 is 1.42. The highest BCUT2D eigenvalue weighted by atomic mass is 16.2. The van der Waals surface area contributed by atoms with Crippen molar-refractivity contribution < 1.29 is 9.59 Å². The molecule has 1 N–H and O–H groups in total. The molecule has 0 aliphatic heterocycles. The van der Waals surface area contributed by atoms with Gasteiger partial charge in [-0.15, -0.1) is 0 Å². The van der Waals surface area contributed by atoms with E-state index in [9.17, 15) is 0 Å². The van der Waals surface area contributed by atoms with Crippen LogP contribution in [0.3, 0.4) is 0 Å². The van der Waals surface area contributed by atoms with Crippen LogP contribution in [-0.4, -0.2) is 42.4 Å². The molecule has 0 rings (SSSR count). The minimum atomic E-state index is 0.368. The van der Waals surface area contributed by atoms with Crippen LogP contribution in [0.25, 0.3) is 0 Å². The lowest BCUT2D eigenvalue weighted by atomic mass is 10.1. The fourth-order valence-corrected chi connectivity index (χ4v) is 4.91. The highest BCUT2D eigenvalue weighted by Crippen LogP contribution is 2.20. The summed E-state index contributed by atoms with van der Waals surface area (Å²) in [6.07, 6.45) is 27.5. The van der Waals surface area contributed by atoms with Crippen LogP contribution in [0.1, 0.15) is 149 Å². The third kappa shape index (κ3) is 18.7. The Kier molecular flexibility index (Phi) is 23.5. The van der Waals surface area contributed by atoms with Crippen molar-refractivity contribution in [3.05, 3.63) is 0 Å². The Labute approximate surface area is 191 Å². The SMILES string of the molecule is CCCCCCC[N+](CCCCCCC)(CCCCCCC)CCCCCCCO. The summed E-state index contributed by atoms with van der Waals surface area (Å²) in [5, 5.41) is 9.02. The van der Waals surface area contributed by atoms with Gasteiger partial charge < -0.3 is 9.59 Å². The van der Waals surface area contributed by atoms with Gasteiger partial charge in [0.2, 0.25) is 0 Å². The zero-order chi connectivity index (χ0) is 22.2.